The molecule has 15 atom stereocenters. The zero-order valence-corrected chi connectivity index (χ0v) is 57.8. The minimum Gasteiger partial charge on any atom is -0.394 e. The molecule has 40 nitrogen and oxygen atoms in total. The molecule has 40 heteroatoms. The molecule has 21 N–H and O–H groups in total. The summed E-state index contributed by atoms with van der Waals surface area (Å²) in [7, 11) is 0. The van der Waals surface area contributed by atoms with Crippen LogP contribution >= 0.6 is 0 Å². The minimum atomic E-state index is -1.53. The Balaban J connectivity index is 1.43. The van der Waals surface area contributed by atoms with Crippen LogP contribution in [0.2, 0.25) is 0 Å². The normalized spacial score (nSPS) is 25.6. The van der Waals surface area contributed by atoms with Crippen LogP contribution in [0.5, 0.6) is 0 Å². The van der Waals surface area contributed by atoms with E-state index in [4.69, 9.17) is 53.6 Å². The number of amides is 9. The Morgan fingerprint density at radius 3 is 1.04 bits per heavy atom. The Kier molecular flexibility index (Phi) is 45.7. The van der Waals surface area contributed by atoms with E-state index in [-0.39, 0.29) is 129 Å². The monoisotopic (exact) mass is 1460 g/mol. The van der Waals surface area contributed by atoms with Crippen molar-refractivity contribution in [3.63, 3.8) is 0 Å². The van der Waals surface area contributed by atoms with Gasteiger partial charge in [0, 0.05) is 105 Å². The Labute approximate surface area is 585 Å². The molecule has 101 heavy (non-hydrogen) atoms. The highest BCUT2D eigenvalue weighted by molar-refractivity contribution is 5.79. The second kappa shape index (κ2) is 51.5. The van der Waals surface area contributed by atoms with E-state index in [1.54, 1.807) is 0 Å². The summed E-state index contributed by atoms with van der Waals surface area (Å²) in [6.45, 7) is 1.62. The molecule has 3 rings (SSSR count). The van der Waals surface area contributed by atoms with Gasteiger partial charge in [-0.1, -0.05) is 0 Å². The highest BCUT2D eigenvalue weighted by Crippen LogP contribution is 2.26. The molecule has 0 bridgehead atoms. The standard InChI is InChI=1S/C61H111N11O29/c1-37(76)69-49-55(88)52(85)40(29-73)99-58(49)93-24-7-4-13-43(79)64-19-10-18-63-36-98-97-35-61(72-48(84)32-96-62,33-91-27-16-46(82)67-22-11-20-65-44(80)14-5-8-25-94-59-50(70-38(2)77)56(89)53(86)41(30-74)100-59)34-92-28-17-47(83)68-23-12-21-66-45(81)15-6-9-26-95-60-51(71-39(3)78)57(90)54(87)42(31-75)101-60/h40-42,49-60,63,73-75,85-90H,4-36,62H2,1-3H3,(H,64,79)(H,65,80)(H,66,81)(H,67,82)(H,68,83)(H,69,76)(H,70,77)(H,71,78)(H,72,84)/t40?,41?,42?,49?,50?,51?,52-,53-,54-,55?,56?,57?,58+,59+,60+,61?/m0/s1. The molecule has 3 saturated heterocycles. The first-order chi connectivity index (χ1) is 48.4. The molecule has 0 aromatic carbocycles. The molecule has 0 spiro atoms. The fourth-order valence-electron chi connectivity index (χ4n) is 10.4. The molecule has 0 aliphatic carbocycles. The number of carbonyl (C=O) groups excluding carboxylic acids is 9. The SMILES string of the molecule is CC(=O)NC1C(O)[C@@H](O)C(CO)O[C@H]1OCCCCC(=O)NCCCNCOOCC(COCCC(=O)NCCCNC(=O)CCCCO[C@@H]1OC(CO)[C@H](O)C(O)C1NC(C)=O)(COCCC(=O)NCCCNC(=O)CCCCO[C@@H]1OC(CO)[C@H](O)C(O)C1NC(C)=O)NC(=O)CON. The number of hydrogen-bond donors (Lipinski definition) is 20. The zero-order valence-electron chi connectivity index (χ0n) is 57.8. The summed E-state index contributed by atoms with van der Waals surface area (Å²) < 4.78 is 45.4. The number of nitrogens with one attached hydrogen (secondary N) is 10. The summed E-state index contributed by atoms with van der Waals surface area (Å²) in [6, 6.07) is -3.26. The van der Waals surface area contributed by atoms with Crippen LogP contribution in [0.4, 0.5) is 0 Å². The van der Waals surface area contributed by atoms with Gasteiger partial charge in [-0.15, -0.1) is 0 Å². The van der Waals surface area contributed by atoms with Crippen molar-refractivity contribution < 1.29 is 142 Å². The van der Waals surface area contributed by atoms with Gasteiger partial charge in [-0.25, -0.2) is 15.7 Å². The number of aliphatic hydroxyl groups excluding tert-OH is 9. The summed E-state index contributed by atoms with van der Waals surface area (Å²) in [5.41, 5.74) is -1.53. The van der Waals surface area contributed by atoms with Gasteiger partial charge in [-0.05, 0) is 64.3 Å². The Bertz CT molecular complexity index is 2320. The topological polar surface area (TPSA) is 584 Å². The number of ether oxygens (including phenoxy) is 8. The number of carbonyl (C=O) groups is 9. The molecule has 9 unspecified atom stereocenters. The highest BCUT2D eigenvalue weighted by Gasteiger charge is 2.48. The van der Waals surface area contributed by atoms with E-state index >= 15 is 0 Å². The van der Waals surface area contributed by atoms with Crippen LogP contribution in [0.25, 0.3) is 0 Å². The maximum absolute atomic E-state index is 13.0. The third-order valence-corrected chi connectivity index (χ3v) is 15.7. The van der Waals surface area contributed by atoms with Gasteiger partial charge in [0.2, 0.25) is 53.2 Å². The molecule has 3 aliphatic rings. The lowest BCUT2D eigenvalue weighted by atomic mass is 9.97. The van der Waals surface area contributed by atoms with E-state index in [2.05, 4.69) is 58.0 Å². The smallest absolute Gasteiger partial charge is 0.248 e. The van der Waals surface area contributed by atoms with E-state index in [0.29, 0.717) is 70.9 Å². The van der Waals surface area contributed by atoms with Crippen molar-refractivity contribution in [2.45, 2.75) is 208 Å². The molecule has 0 radical (unpaired) electrons. The summed E-state index contributed by atoms with van der Waals surface area (Å²) in [6.07, 6.45) is -11.7. The molecule has 3 fully saturated rings. The molecular formula is C61H111N11O29. The molecule has 3 heterocycles. The van der Waals surface area contributed by atoms with Crippen LogP contribution in [0.3, 0.4) is 0 Å². The van der Waals surface area contributed by atoms with Crippen LogP contribution in [-0.4, -0.2) is 322 Å². The van der Waals surface area contributed by atoms with E-state index in [0.717, 1.165) is 0 Å². The molecule has 3 aliphatic heterocycles. The third-order valence-electron chi connectivity index (χ3n) is 15.7. The van der Waals surface area contributed by atoms with Crippen molar-refractivity contribution in [2.24, 2.45) is 5.90 Å². The van der Waals surface area contributed by atoms with Crippen molar-refractivity contribution in [2.75, 3.05) is 125 Å². The van der Waals surface area contributed by atoms with Crippen LogP contribution in [0.15, 0.2) is 0 Å². The number of aliphatic hydroxyl groups is 9. The van der Waals surface area contributed by atoms with Crippen molar-refractivity contribution in [1.29, 1.82) is 0 Å². The number of rotatable bonds is 54. The predicted octanol–water partition coefficient (Wildman–Crippen LogP) is -8.82. The molecule has 0 aromatic rings. The maximum atomic E-state index is 13.0. The molecule has 9 amide bonds. The number of hydrogen-bond acceptors (Lipinski definition) is 31. The highest BCUT2D eigenvalue weighted by atomic mass is 17.2. The zero-order chi connectivity index (χ0) is 74.5. The van der Waals surface area contributed by atoms with Gasteiger partial charge < -0.3 is 132 Å². The Morgan fingerprint density at radius 1 is 0.396 bits per heavy atom. The maximum Gasteiger partial charge on any atom is 0.248 e. The van der Waals surface area contributed by atoms with E-state index in [1.807, 2.05) is 0 Å². The number of nitrogens with two attached hydrogens (primary N) is 1. The lowest BCUT2D eigenvalue weighted by Gasteiger charge is -2.42. The van der Waals surface area contributed by atoms with E-state index in [1.165, 1.54) is 20.8 Å². The van der Waals surface area contributed by atoms with Gasteiger partial charge in [0.1, 0.15) is 98.5 Å². The van der Waals surface area contributed by atoms with Gasteiger partial charge in [0.05, 0.1) is 46.2 Å². The van der Waals surface area contributed by atoms with Gasteiger partial charge in [0.15, 0.2) is 18.9 Å². The quantitative estimate of drug-likeness (QED) is 0.0116. The molecular weight excluding hydrogens is 1350 g/mol. The second-order valence-corrected chi connectivity index (χ2v) is 24.4. The van der Waals surface area contributed by atoms with Crippen molar-refractivity contribution >= 4 is 53.2 Å². The summed E-state index contributed by atoms with van der Waals surface area (Å²) >= 11 is 0. The lowest BCUT2D eigenvalue weighted by Crippen LogP contribution is -2.64. The average molecular weight is 1460 g/mol. The first-order valence-corrected chi connectivity index (χ1v) is 34.0. The molecule has 0 aromatic heterocycles. The summed E-state index contributed by atoms with van der Waals surface area (Å²) in [5.74, 6) is 1.50. The van der Waals surface area contributed by atoms with Crippen molar-refractivity contribution in [3.8, 4) is 0 Å². The van der Waals surface area contributed by atoms with Gasteiger partial charge in [-0.2, -0.15) is 0 Å². The summed E-state index contributed by atoms with van der Waals surface area (Å²) in [4.78, 5) is 127. The summed E-state index contributed by atoms with van der Waals surface area (Å²) in [5, 5.41) is 117. The fraction of sp³-hybridized carbons (Fsp3) is 0.852. The van der Waals surface area contributed by atoms with E-state index < -0.39 is 166 Å². The van der Waals surface area contributed by atoms with Gasteiger partial charge >= 0.3 is 0 Å². The van der Waals surface area contributed by atoms with Crippen LogP contribution < -0.4 is 59.1 Å². The lowest BCUT2D eigenvalue weighted by molar-refractivity contribution is -0.311. The largest absolute Gasteiger partial charge is 0.394 e. The van der Waals surface area contributed by atoms with Crippen LogP contribution in [-0.2, 0) is 95.7 Å². The first-order valence-electron chi connectivity index (χ1n) is 34.0. The second-order valence-electron chi connectivity index (χ2n) is 24.4. The van der Waals surface area contributed by atoms with E-state index in [9.17, 15) is 89.1 Å². The average Bonchev–Trinajstić information content (AvgIpc) is 0.828. The predicted molar refractivity (Wildman–Crippen MR) is 346 cm³/mol. The fourth-order valence-corrected chi connectivity index (χ4v) is 10.4. The Hall–Kier alpha value is -5.65. The molecule has 0 saturated carbocycles. The Morgan fingerprint density at radius 2 is 0.723 bits per heavy atom. The van der Waals surface area contributed by atoms with Crippen LogP contribution in [0.1, 0.15) is 111 Å². The van der Waals surface area contributed by atoms with Crippen molar-refractivity contribution in [1.82, 2.24) is 53.2 Å². The minimum absolute atomic E-state index is 0.0804. The number of unbranched alkanes of at least 4 members (excludes halogenated alkanes) is 3. The van der Waals surface area contributed by atoms with Gasteiger partial charge in [0.25, 0.3) is 0 Å². The van der Waals surface area contributed by atoms with Gasteiger partial charge in [-0.3, -0.25) is 53.3 Å². The van der Waals surface area contributed by atoms with Crippen molar-refractivity contribution in [3.05, 3.63) is 0 Å². The third kappa shape index (κ3) is 36.1. The van der Waals surface area contributed by atoms with Crippen LogP contribution in [0, 0.1) is 0 Å². The molecule has 584 valence electrons. The first kappa shape index (κ1) is 89.6.